The molecule has 3 atom stereocenters. The fraction of sp³-hybridized carbons (Fsp3) is 0.917. The molecule has 1 heterocycles. The maximum absolute atomic E-state index is 12.1. The Labute approximate surface area is 97.0 Å². The molecular formula is C12H20ClNO. The average Bonchev–Trinajstić information content (AvgIpc) is 3.03. The van der Waals surface area contributed by atoms with Crippen molar-refractivity contribution in [1.29, 1.82) is 0 Å². The third kappa shape index (κ3) is 2.47. The first-order chi connectivity index (χ1) is 7.09. The number of nitrogens with zero attached hydrogens (tertiary/aromatic N) is 1. The number of likely N-dealkylation sites (tertiary alicyclic amines) is 1. The summed E-state index contributed by atoms with van der Waals surface area (Å²) < 4.78 is 0. The van der Waals surface area contributed by atoms with Gasteiger partial charge in [0.05, 0.1) is 5.38 Å². The quantitative estimate of drug-likeness (QED) is 0.667. The number of carbonyl (C=O) groups excluding carboxylic acids is 1. The monoisotopic (exact) mass is 229 g/mol. The molecule has 2 rings (SSSR count). The van der Waals surface area contributed by atoms with E-state index in [0.717, 1.165) is 19.5 Å². The smallest absolute Gasteiger partial charge is 0.225 e. The molecular weight excluding hydrogens is 210 g/mol. The lowest BCUT2D eigenvalue weighted by Gasteiger charge is -2.35. The first-order valence-electron chi connectivity index (χ1n) is 6.02. The lowest BCUT2D eigenvalue weighted by molar-refractivity contribution is -0.136. The largest absolute Gasteiger partial charge is 0.341 e. The number of piperidine rings is 1. The molecule has 0 aromatic heterocycles. The Morgan fingerprint density at radius 3 is 2.60 bits per heavy atom. The lowest BCUT2D eigenvalue weighted by atomic mass is 9.96. The maximum Gasteiger partial charge on any atom is 0.225 e. The Bertz CT molecular complexity index is 252. The van der Waals surface area contributed by atoms with Crippen molar-refractivity contribution in [3.63, 3.8) is 0 Å². The summed E-state index contributed by atoms with van der Waals surface area (Å²) in [6.07, 6.45) is 3.53. The molecule has 86 valence electrons. The molecule has 1 aliphatic carbocycles. The predicted octanol–water partition coefficient (Wildman–Crippen LogP) is 2.51. The van der Waals surface area contributed by atoms with Crippen LogP contribution in [0.15, 0.2) is 0 Å². The third-order valence-corrected chi connectivity index (χ3v) is 4.47. The van der Waals surface area contributed by atoms with E-state index >= 15 is 0 Å². The van der Waals surface area contributed by atoms with Crippen LogP contribution in [0.2, 0.25) is 0 Å². The summed E-state index contributed by atoms with van der Waals surface area (Å²) in [7, 11) is 0. The van der Waals surface area contributed by atoms with Crippen LogP contribution in [-0.4, -0.2) is 29.3 Å². The molecule has 3 unspecified atom stereocenters. The molecule has 0 aromatic carbocycles. The number of hydrogen-bond donors (Lipinski definition) is 0. The fourth-order valence-electron chi connectivity index (χ4n) is 2.31. The van der Waals surface area contributed by atoms with Gasteiger partial charge in [-0.3, -0.25) is 4.79 Å². The summed E-state index contributed by atoms with van der Waals surface area (Å²) in [6.45, 7) is 5.89. The molecule has 15 heavy (non-hydrogen) atoms. The zero-order chi connectivity index (χ0) is 11.0. The van der Waals surface area contributed by atoms with Gasteiger partial charge >= 0.3 is 0 Å². The van der Waals surface area contributed by atoms with Crippen molar-refractivity contribution in [2.45, 2.75) is 38.5 Å². The van der Waals surface area contributed by atoms with Crippen molar-refractivity contribution in [2.24, 2.45) is 17.8 Å². The molecule has 2 nitrogen and oxygen atoms in total. The van der Waals surface area contributed by atoms with Crippen LogP contribution in [0.4, 0.5) is 0 Å². The van der Waals surface area contributed by atoms with Crippen LogP contribution in [0.1, 0.15) is 33.1 Å². The van der Waals surface area contributed by atoms with E-state index in [2.05, 4.69) is 13.8 Å². The highest BCUT2D eigenvalue weighted by Crippen LogP contribution is 2.38. The zero-order valence-corrected chi connectivity index (χ0v) is 10.3. The molecule has 2 fully saturated rings. The van der Waals surface area contributed by atoms with Gasteiger partial charge in [0, 0.05) is 19.0 Å². The van der Waals surface area contributed by atoms with Gasteiger partial charge in [-0.05, 0) is 31.1 Å². The van der Waals surface area contributed by atoms with Gasteiger partial charge in [0.25, 0.3) is 0 Å². The molecule has 1 aliphatic heterocycles. The first-order valence-corrected chi connectivity index (χ1v) is 6.46. The minimum atomic E-state index is 0.147. The normalized spacial score (nSPS) is 33.9. The summed E-state index contributed by atoms with van der Waals surface area (Å²) in [4.78, 5) is 14.1. The van der Waals surface area contributed by atoms with E-state index in [1.54, 1.807) is 0 Å². The van der Waals surface area contributed by atoms with Crippen molar-refractivity contribution < 1.29 is 4.79 Å². The van der Waals surface area contributed by atoms with Gasteiger partial charge < -0.3 is 4.90 Å². The Kier molecular flexibility index (Phi) is 3.24. The second-order valence-corrected chi connectivity index (χ2v) is 5.75. The van der Waals surface area contributed by atoms with E-state index in [1.165, 1.54) is 12.8 Å². The predicted molar refractivity (Wildman–Crippen MR) is 61.9 cm³/mol. The second-order valence-electron chi connectivity index (χ2n) is 5.19. The molecule has 0 aromatic rings. The SMILES string of the molecule is CC1CCN(C(=O)C(C)C2CC2)CC1Cl. The van der Waals surface area contributed by atoms with Gasteiger partial charge in [0.2, 0.25) is 5.91 Å². The van der Waals surface area contributed by atoms with Gasteiger partial charge in [-0.25, -0.2) is 0 Å². The molecule has 0 N–H and O–H groups in total. The minimum absolute atomic E-state index is 0.147. The van der Waals surface area contributed by atoms with Gasteiger partial charge in [-0.15, -0.1) is 11.6 Å². The van der Waals surface area contributed by atoms with Crippen LogP contribution >= 0.6 is 11.6 Å². The van der Waals surface area contributed by atoms with Crippen LogP contribution in [0.25, 0.3) is 0 Å². The molecule has 1 saturated carbocycles. The average molecular weight is 230 g/mol. The van der Waals surface area contributed by atoms with Crippen molar-refractivity contribution in [3.8, 4) is 0 Å². The van der Waals surface area contributed by atoms with E-state index in [1.807, 2.05) is 4.90 Å². The van der Waals surface area contributed by atoms with E-state index in [-0.39, 0.29) is 11.3 Å². The highest BCUT2D eigenvalue weighted by Gasteiger charge is 2.36. The van der Waals surface area contributed by atoms with Gasteiger partial charge in [-0.2, -0.15) is 0 Å². The molecule has 2 aliphatic rings. The van der Waals surface area contributed by atoms with E-state index in [9.17, 15) is 4.79 Å². The summed E-state index contributed by atoms with van der Waals surface area (Å²) in [5.74, 6) is 1.76. The Morgan fingerprint density at radius 2 is 2.07 bits per heavy atom. The van der Waals surface area contributed by atoms with Crippen LogP contribution in [-0.2, 0) is 4.79 Å². The van der Waals surface area contributed by atoms with Gasteiger partial charge in [-0.1, -0.05) is 13.8 Å². The summed E-state index contributed by atoms with van der Waals surface area (Å²) in [6, 6.07) is 0. The van der Waals surface area contributed by atoms with Crippen molar-refractivity contribution in [1.82, 2.24) is 4.90 Å². The standard InChI is InChI=1S/C12H20ClNO/c1-8-5-6-14(7-11(8)13)12(15)9(2)10-3-4-10/h8-11H,3-7H2,1-2H3. The number of halogens is 1. The third-order valence-electron chi connectivity index (χ3n) is 3.90. The minimum Gasteiger partial charge on any atom is -0.341 e. The number of carbonyl (C=O) groups is 1. The van der Waals surface area contributed by atoms with Crippen molar-refractivity contribution in [2.75, 3.05) is 13.1 Å². The molecule has 0 bridgehead atoms. The van der Waals surface area contributed by atoms with E-state index in [4.69, 9.17) is 11.6 Å². The topological polar surface area (TPSA) is 20.3 Å². The van der Waals surface area contributed by atoms with Crippen LogP contribution in [0.5, 0.6) is 0 Å². The van der Waals surface area contributed by atoms with E-state index in [0.29, 0.717) is 17.7 Å². The molecule has 1 saturated heterocycles. The lowest BCUT2D eigenvalue weighted by Crippen LogP contribution is -2.46. The van der Waals surface area contributed by atoms with Crippen molar-refractivity contribution in [3.05, 3.63) is 0 Å². The van der Waals surface area contributed by atoms with Crippen molar-refractivity contribution >= 4 is 17.5 Å². The van der Waals surface area contributed by atoms with Gasteiger partial charge in [0.1, 0.15) is 0 Å². The summed E-state index contributed by atoms with van der Waals surface area (Å²) in [5.41, 5.74) is 0. The zero-order valence-electron chi connectivity index (χ0n) is 9.58. The van der Waals surface area contributed by atoms with Crippen LogP contribution in [0, 0.1) is 17.8 Å². The molecule has 1 amide bonds. The Morgan fingerprint density at radius 1 is 1.40 bits per heavy atom. The van der Waals surface area contributed by atoms with E-state index < -0.39 is 0 Å². The second kappa shape index (κ2) is 4.32. The fourth-order valence-corrected chi connectivity index (χ4v) is 2.60. The summed E-state index contributed by atoms with van der Waals surface area (Å²) >= 11 is 6.21. The van der Waals surface area contributed by atoms with Gasteiger partial charge in [0.15, 0.2) is 0 Å². The first kappa shape index (κ1) is 11.3. The number of hydrogen-bond acceptors (Lipinski definition) is 1. The number of alkyl halides is 1. The Balaban J connectivity index is 1.90. The number of rotatable bonds is 2. The van der Waals surface area contributed by atoms with Crippen LogP contribution in [0.3, 0.4) is 0 Å². The highest BCUT2D eigenvalue weighted by atomic mass is 35.5. The molecule has 0 spiro atoms. The molecule has 3 heteroatoms. The Hall–Kier alpha value is -0.240. The van der Waals surface area contributed by atoms with Crippen LogP contribution < -0.4 is 0 Å². The maximum atomic E-state index is 12.1. The highest BCUT2D eigenvalue weighted by molar-refractivity contribution is 6.21. The summed E-state index contributed by atoms with van der Waals surface area (Å²) in [5, 5.41) is 0.147. The number of amides is 1. The molecule has 0 radical (unpaired) electrons.